The molecule has 1 amide bonds. The van der Waals surface area contributed by atoms with Gasteiger partial charge in [-0.15, -0.1) is 0 Å². The van der Waals surface area contributed by atoms with Gasteiger partial charge in [-0.1, -0.05) is 11.6 Å². The molecule has 0 saturated carbocycles. The van der Waals surface area contributed by atoms with Crippen LogP contribution in [0.4, 0.5) is 5.69 Å². The van der Waals surface area contributed by atoms with Crippen LogP contribution in [0, 0.1) is 6.92 Å². The van der Waals surface area contributed by atoms with Crippen LogP contribution in [0.25, 0.3) is 0 Å². The first-order chi connectivity index (χ1) is 13.6. The first kappa shape index (κ1) is 22.7. The number of hydrogen-bond acceptors (Lipinski definition) is 7. The molecule has 2 N–H and O–H groups in total. The average molecular weight is 445 g/mol. The fraction of sp³-hybridized carbons (Fsp3) is 0.353. The number of rotatable bonds is 9. The van der Waals surface area contributed by atoms with Gasteiger partial charge in [0.25, 0.3) is 15.9 Å². The van der Waals surface area contributed by atoms with Crippen LogP contribution in [-0.4, -0.2) is 50.1 Å². The van der Waals surface area contributed by atoms with E-state index in [-0.39, 0.29) is 18.0 Å². The highest BCUT2D eigenvalue weighted by molar-refractivity contribution is 7.89. The smallest absolute Gasteiger partial charge is 0.307 e. The predicted molar refractivity (Wildman–Crippen MR) is 105 cm³/mol. The van der Waals surface area contributed by atoms with E-state index in [1.807, 2.05) is 0 Å². The van der Waals surface area contributed by atoms with Crippen molar-refractivity contribution in [3.05, 3.63) is 35.2 Å². The molecule has 12 heteroatoms. The van der Waals surface area contributed by atoms with Gasteiger partial charge in [0.1, 0.15) is 11.6 Å². The number of sulfonamides is 1. The van der Waals surface area contributed by atoms with Gasteiger partial charge < -0.3 is 19.4 Å². The number of nitrogens with one attached hydrogen (secondary N) is 2. The van der Waals surface area contributed by atoms with Crippen molar-refractivity contribution in [3.63, 3.8) is 0 Å². The minimum atomic E-state index is -3.84. The lowest BCUT2D eigenvalue weighted by atomic mass is 10.3. The lowest BCUT2D eigenvalue weighted by Crippen LogP contribution is -2.28. The van der Waals surface area contributed by atoms with Crippen LogP contribution < -0.4 is 14.8 Å². The Balaban J connectivity index is 1.78. The molecular weight excluding hydrogens is 424 g/mol. The molecule has 2 rings (SSSR count). The standard InChI is InChI=1S/C17H21ClN4O6S/c1-11-20-16(9-22(11)2)29(25,26)19-7-6-17(24)28-10-15(23)21-13-8-12(18)4-5-14(13)27-3/h4-5,8-9,19H,6-7,10H2,1-3H3,(H,21,23). The number of imidazole rings is 1. The second-order valence-electron chi connectivity index (χ2n) is 5.94. The van der Waals surface area contributed by atoms with E-state index in [9.17, 15) is 18.0 Å². The number of carbonyl (C=O) groups excluding carboxylic acids is 2. The number of carbonyl (C=O) groups is 2. The van der Waals surface area contributed by atoms with E-state index < -0.39 is 28.5 Å². The lowest BCUT2D eigenvalue weighted by molar-refractivity contribution is -0.147. The van der Waals surface area contributed by atoms with Gasteiger partial charge in [0.15, 0.2) is 11.6 Å². The van der Waals surface area contributed by atoms with Crippen LogP contribution in [-0.2, 0) is 31.4 Å². The highest BCUT2D eigenvalue weighted by Crippen LogP contribution is 2.27. The normalized spacial score (nSPS) is 11.2. The molecule has 2 aromatic rings. The Morgan fingerprint density at radius 2 is 2.03 bits per heavy atom. The molecule has 0 radical (unpaired) electrons. The highest BCUT2D eigenvalue weighted by Gasteiger charge is 2.19. The quantitative estimate of drug-likeness (QED) is 0.556. The molecule has 0 aliphatic rings. The van der Waals surface area contributed by atoms with Gasteiger partial charge in [0.2, 0.25) is 0 Å². The van der Waals surface area contributed by atoms with Crippen LogP contribution in [0.5, 0.6) is 5.75 Å². The molecule has 0 unspecified atom stereocenters. The molecule has 0 aliphatic carbocycles. The van der Waals surface area contributed by atoms with Gasteiger partial charge in [0.05, 0.1) is 19.2 Å². The summed E-state index contributed by atoms with van der Waals surface area (Å²) in [7, 11) is -0.731. The second-order valence-corrected chi connectivity index (χ2v) is 8.09. The maximum atomic E-state index is 12.1. The van der Waals surface area contributed by atoms with Crippen LogP contribution in [0.2, 0.25) is 5.02 Å². The van der Waals surface area contributed by atoms with Crippen molar-refractivity contribution in [1.82, 2.24) is 14.3 Å². The predicted octanol–water partition coefficient (Wildman–Crippen LogP) is 1.24. The topological polar surface area (TPSA) is 129 Å². The number of benzene rings is 1. The molecule has 0 bridgehead atoms. The monoisotopic (exact) mass is 444 g/mol. The molecule has 0 spiro atoms. The summed E-state index contributed by atoms with van der Waals surface area (Å²) >= 11 is 5.88. The summed E-state index contributed by atoms with van der Waals surface area (Å²) in [6.07, 6.45) is 1.11. The number of ether oxygens (including phenoxy) is 2. The fourth-order valence-corrected chi connectivity index (χ4v) is 3.44. The van der Waals surface area contributed by atoms with E-state index in [4.69, 9.17) is 21.1 Å². The first-order valence-corrected chi connectivity index (χ1v) is 10.3. The molecule has 0 fully saturated rings. The van der Waals surface area contributed by atoms with Crippen molar-refractivity contribution in [2.75, 3.05) is 25.6 Å². The molecule has 10 nitrogen and oxygen atoms in total. The summed E-state index contributed by atoms with van der Waals surface area (Å²) in [5.41, 5.74) is 0.333. The number of anilines is 1. The Bertz CT molecular complexity index is 986. The molecule has 0 atom stereocenters. The van der Waals surface area contributed by atoms with E-state index in [0.29, 0.717) is 22.3 Å². The molecule has 158 valence electrons. The molecule has 1 aromatic heterocycles. The largest absolute Gasteiger partial charge is 0.495 e. The number of hydrogen-bond donors (Lipinski definition) is 2. The molecule has 1 heterocycles. The van der Waals surface area contributed by atoms with Crippen LogP contribution in [0.15, 0.2) is 29.4 Å². The van der Waals surface area contributed by atoms with Gasteiger partial charge in [0, 0.05) is 24.8 Å². The SMILES string of the molecule is COc1ccc(Cl)cc1NC(=O)COC(=O)CCNS(=O)(=O)c1cn(C)c(C)n1. The van der Waals surface area contributed by atoms with E-state index in [2.05, 4.69) is 15.0 Å². The van der Waals surface area contributed by atoms with Gasteiger partial charge in [-0.3, -0.25) is 9.59 Å². The Kier molecular flexibility index (Phi) is 7.59. The van der Waals surface area contributed by atoms with E-state index in [1.54, 1.807) is 30.7 Å². The maximum Gasteiger partial charge on any atom is 0.307 e. The third kappa shape index (κ3) is 6.44. The van der Waals surface area contributed by atoms with Crippen molar-refractivity contribution in [1.29, 1.82) is 0 Å². The Labute approximate surface area is 173 Å². The van der Waals surface area contributed by atoms with E-state index in [1.165, 1.54) is 19.4 Å². The van der Waals surface area contributed by atoms with Crippen LogP contribution in [0.3, 0.4) is 0 Å². The molecule has 1 aromatic carbocycles. The van der Waals surface area contributed by atoms with Crippen LogP contribution in [0.1, 0.15) is 12.2 Å². The molecule has 0 aliphatic heterocycles. The highest BCUT2D eigenvalue weighted by atomic mass is 35.5. The molecule has 0 saturated heterocycles. The minimum Gasteiger partial charge on any atom is -0.495 e. The number of aryl methyl sites for hydroxylation is 2. The number of esters is 1. The summed E-state index contributed by atoms with van der Waals surface area (Å²) in [5.74, 6) is -0.401. The molecule has 29 heavy (non-hydrogen) atoms. The summed E-state index contributed by atoms with van der Waals surface area (Å²) in [6.45, 7) is 0.932. The van der Waals surface area contributed by atoms with Crippen molar-refractivity contribution in [2.24, 2.45) is 7.05 Å². The third-order valence-corrected chi connectivity index (χ3v) is 5.35. The van der Waals surface area contributed by atoms with Gasteiger partial charge >= 0.3 is 5.97 Å². The summed E-state index contributed by atoms with van der Waals surface area (Å²) in [6, 6.07) is 4.68. The van der Waals surface area contributed by atoms with E-state index in [0.717, 1.165) is 0 Å². The summed E-state index contributed by atoms with van der Waals surface area (Å²) in [4.78, 5) is 27.6. The van der Waals surface area contributed by atoms with Gasteiger partial charge in [-0.25, -0.2) is 18.1 Å². The maximum absolute atomic E-state index is 12.1. The lowest BCUT2D eigenvalue weighted by Gasteiger charge is -2.11. The zero-order valence-electron chi connectivity index (χ0n) is 16.1. The number of halogens is 1. The second kappa shape index (κ2) is 9.72. The Hall–Kier alpha value is -2.63. The van der Waals surface area contributed by atoms with E-state index >= 15 is 0 Å². The number of aromatic nitrogens is 2. The van der Waals surface area contributed by atoms with Crippen molar-refractivity contribution >= 4 is 39.2 Å². The Morgan fingerprint density at radius 1 is 1.31 bits per heavy atom. The van der Waals surface area contributed by atoms with Gasteiger partial charge in [-0.05, 0) is 25.1 Å². The number of nitrogens with zero attached hydrogens (tertiary/aromatic N) is 2. The summed E-state index contributed by atoms with van der Waals surface area (Å²) in [5, 5.41) is 2.78. The number of amides is 1. The summed E-state index contributed by atoms with van der Waals surface area (Å²) < 4.78 is 38.0. The third-order valence-electron chi connectivity index (χ3n) is 3.78. The average Bonchev–Trinajstić information content (AvgIpc) is 3.00. The van der Waals surface area contributed by atoms with Gasteiger partial charge in [-0.2, -0.15) is 0 Å². The molecular formula is C17H21ClN4O6S. The number of methoxy groups -OCH3 is 1. The zero-order valence-corrected chi connectivity index (χ0v) is 17.6. The van der Waals surface area contributed by atoms with Crippen molar-refractivity contribution in [3.8, 4) is 5.75 Å². The minimum absolute atomic E-state index is 0.138. The zero-order chi connectivity index (χ0) is 21.6. The van der Waals surface area contributed by atoms with Crippen LogP contribution >= 0.6 is 11.6 Å². The fourth-order valence-electron chi connectivity index (χ4n) is 2.20. The van der Waals surface area contributed by atoms with Crippen molar-refractivity contribution < 1.29 is 27.5 Å². The Morgan fingerprint density at radius 3 is 2.66 bits per heavy atom. The first-order valence-electron chi connectivity index (χ1n) is 8.41. The van der Waals surface area contributed by atoms with Crippen molar-refractivity contribution in [2.45, 2.75) is 18.4 Å².